The van der Waals surface area contributed by atoms with Crippen molar-refractivity contribution in [1.82, 2.24) is 0 Å². The van der Waals surface area contributed by atoms with Crippen LogP contribution in [0.1, 0.15) is 17.3 Å². The second-order valence-corrected chi connectivity index (χ2v) is 4.72. The maximum atomic E-state index is 13.5. The third-order valence-corrected chi connectivity index (χ3v) is 3.10. The molecule has 0 aliphatic rings. The first-order valence-electron chi connectivity index (χ1n) is 6.92. The Labute approximate surface area is 133 Å². The van der Waals surface area contributed by atoms with Gasteiger partial charge in [-0.25, -0.2) is 9.18 Å². The average molecular weight is 317 g/mol. The van der Waals surface area contributed by atoms with E-state index in [1.165, 1.54) is 38.3 Å². The largest absolute Gasteiger partial charge is 0.478 e. The third kappa shape index (κ3) is 4.06. The van der Waals surface area contributed by atoms with Gasteiger partial charge in [0, 0.05) is 0 Å². The zero-order valence-corrected chi connectivity index (χ0v) is 12.7. The Hall–Kier alpha value is -2.89. The molecule has 1 N–H and O–H groups in total. The highest BCUT2D eigenvalue weighted by Gasteiger charge is 2.19. The number of anilines is 1. The zero-order chi connectivity index (χ0) is 16.8. The van der Waals surface area contributed by atoms with Gasteiger partial charge in [-0.2, -0.15) is 0 Å². The Morgan fingerprint density at radius 1 is 1.09 bits per heavy atom. The van der Waals surface area contributed by atoms with E-state index >= 15 is 0 Å². The van der Waals surface area contributed by atoms with Crippen LogP contribution in [0, 0.1) is 5.82 Å². The van der Waals surface area contributed by atoms with Crippen molar-refractivity contribution in [2.75, 3.05) is 12.4 Å². The summed E-state index contributed by atoms with van der Waals surface area (Å²) >= 11 is 0. The maximum Gasteiger partial charge on any atom is 0.339 e. The van der Waals surface area contributed by atoms with Crippen molar-refractivity contribution in [3.8, 4) is 5.75 Å². The van der Waals surface area contributed by atoms with Crippen molar-refractivity contribution in [3.05, 3.63) is 59.9 Å². The Morgan fingerprint density at radius 2 is 1.74 bits per heavy atom. The van der Waals surface area contributed by atoms with Crippen LogP contribution in [0.2, 0.25) is 0 Å². The van der Waals surface area contributed by atoms with Gasteiger partial charge in [-0.3, -0.25) is 4.79 Å². The Bertz CT molecular complexity index is 717. The molecule has 0 aromatic heterocycles. The van der Waals surface area contributed by atoms with E-state index in [1.807, 2.05) is 0 Å². The van der Waals surface area contributed by atoms with Crippen LogP contribution < -0.4 is 10.1 Å². The summed E-state index contributed by atoms with van der Waals surface area (Å²) in [6.45, 7) is 1.49. The van der Waals surface area contributed by atoms with Crippen LogP contribution in [0.5, 0.6) is 5.75 Å². The summed E-state index contributed by atoms with van der Waals surface area (Å²) in [5.74, 6) is -1.65. The SMILES string of the molecule is COC(=O)c1ccccc1NC(=O)[C@H](C)Oc1ccccc1F. The molecule has 6 heteroatoms. The minimum absolute atomic E-state index is 0.0172. The van der Waals surface area contributed by atoms with Crippen LogP contribution in [0.15, 0.2) is 48.5 Å². The van der Waals surface area contributed by atoms with E-state index in [4.69, 9.17) is 4.74 Å². The van der Waals surface area contributed by atoms with E-state index in [0.717, 1.165) is 0 Å². The van der Waals surface area contributed by atoms with Crippen LogP contribution in [0.25, 0.3) is 0 Å². The lowest BCUT2D eigenvalue weighted by Crippen LogP contribution is -2.31. The molecular formula is C17H16FNO4. The van der Waals surface area contributed by atoms with Crippen LogP contribution in [-0.2, 0) is 9.53 Å². The van der Waals surface area contributed by atoms with E-state index in [2.05, 4.69) is 10.1 Å². The molecule has 5 nitrogen and oxygen atoms in total. The van der Waals surface area contributed by atoms with Gasteiger partial charge in [-0.05, 0) is 31.2 Å². The number of rotatable bonds is 5. The van der Waals surface area contributed by atoms with E-state index in [0.29, 0.717) is 5.69 Å². The molecule has 2 aromatic rings. The number of amides is 1. The van der Waals surface area contributed by atoms with Gasteiger partial charge < -0.3 is 14.8 Å². The molecule has 23 heavy (non-hydrogen) atoms. The summed E-state index contributed by atoms with van der Waals surface area (Å²) in [6, 6.07) is 12.2. The van der Waals surface area contributed by atoms with Gasteiger partial charge in [0.25, 0.3) is 5.91 Å². The van der Waals surface area contributed by atoms with Gasteiger partial charge in [-0.15, -0.1) is 0 Å². The molecule has 0 aliphatic heterocycles. The Morgan fingerprint density at radius 3 is 2.43 bits per heavy atom. The minimum Gasteiger partial charge on any atom is -0.478 e. The molecule has 0 aliphatic carbocycles. The topological polar surface area (TPSA) is 64.6 Å². The number of halogens is 1. The molecule has 120 valence electrons. The summed E-state index contributed by atoms with van der Waals surface area (Å²) in [5.41, 5.74) is 0.523. The van der Waals surface area contributed by atoms with Gasteiger partial charge in [0.15, 0.2) is 17.7 Å². The standard InChI is InChI=1S/C17H16FNO4/c1-11(23-15-10-6-4-8-13(15)18)16(20)19-14-9-5-3-7-12(14)17(21)22-2/h3-11H,1-2H3,(H,19,20)/t11-/m0/s1. The highest BCUT2D eigenvalue weighted by atomic mass is 19.1. The lowest BCUT2D eigenvalue weighted by atomic mass is 10.1. The fourth-order valence-electron chi connectivity index (χ4n) is 1.90. The molecular weight excluding hydrogens is 301 g/mol. The van der Waals surface area contributed by atoms with E-state index < -0.39 is 23.8 Å². The molecule has 0 unspecified atom stereocenters. The second kappa shape index (κ2) is 7.40. The smallest absolute Gasteiger partial charge is 0.339 e. The molecule has 0 heterocycles. The Balaban J connectivity index is 2.10. The number of hydrogen-bond donors (Lipinski definition) is 1. The van der Waals surface area contributed by atoms with Crippen LogP contribution >= 0.6 is 0 Å². The average Bonchev–Trinajstić information content (AvgIpc) is 2.56. The van der Waals surface area contributed by atoms with Crippen molar-refractivity contribution in [2.24, 2.45) is 0 Å². The molecule has 2 rings (SSSR count). The second-order valence-electron chi connectivity index (χ2n) is 4.72. The van der Waals surface area contributed by atoms with Crippen LogP contribution in [0.4, 0.5) is 10.1 Å². The molecule has 0 saturated heterocycles. The zero-order valence-electron chi connectivity index (χ0n) is 12.7. The highest BCUT2D eigenvalue weighted by molar-refractivity contribution is 6.02. The van der Waals surface area contributed by atoms with E-state index in [-0.39, 0.29) is 11.3 Å². The number of para-hydroxylation sites is 2. The fourth-order valence-corrected chi connectivity index (χ4v) is 1.90. The summed E-state index contributed by atoms with van der Waals surface area (Å²) < 4.78 is 23.5. The van der Waals surface area contributed by atoms with Gasteiger partial charge in [0.1, 0.15) is 0 Å². The molecule has 0 saturated carbocycles. The van der Waals surface area contributed by atoms with Crippen LogP contribution in [-0.4, -0.2) is 25.1 Å². The molecule has 0 spiro atoms. The summed E-state index contributed by atoms with van der Waals surface area (Å²) in [5, 5.41) is 2.58. The van der Waals surface area contributed by atoms with E-state index in [1.54, 1.807) is 24.3 Å². The monoisotopic (exact) mass is 317 g/mol. The predicted octanol–water partition coefficient (Wildman–Crippen LogP) is 3.02. The first-order chi connectivity index (χ1) is 11.0. The Kier molecular flexibility index (Phi) is 5.30. The van der Waals surface area contributed by atoms with Gasteiger partial charge in [0.2, 0.25) is 0 Å². The number of hydrogen-bond acceptors (Lipinski definition) is 4. The fraction of sp³-hybridized carbons (Fsp3) is 0.176. The first kappa shape index (κ1) is 16.5. The molecule has 0 fully saturated rings. The third-order valence-electron chi connectivity index (χ3n) is 3.10. The van der Waals surface area contributed by atoms with Gasteiger partial charge in [-0.1, -0.05) is 24.3 Å². The van der Waals surface area contributed by atoms with Crippen molar-refractivity contribution < 1.29 is 23.5 Å². The number of methoxy groups -OCH3 is 1. The number of benzene rings is 2. The molecule has 0 radical (unpaired) electrons. The number of ether oxygens (including phenoxy) is 2. The molecule has 0 bridgehead atoms. The minimum atomic E-state index is -0.947. The normalized spacial score (nSPS) is 11.4. The summed E-state index contributed by atoms with van der Waals surface area (Å²) in [7, 11) is 1.25. The number of esters is 1. The highest BCUT2D eigenvalue weighted by Crippen LogP contribution is 2.19. The quantitative estimate of drug-likeness (QED) is 0.861. The van der Waals surface area contributed by atoms with Gasteiger partial charge >= 0.3 is 5.97 Å². The lowest BCUT2D eigenvalue weighted by Gasteiger charge is -2.16. The number of carbonyl (C=O) groups is 2. The lowest BCUT2D eigenvalue weighted by molar-refractivity contribution is -0.122. The maximum absolute atomic E-state index is 13.5. The van der Waals surface area contributed by atoms with Crippen molar-refractivity contribution >= 4 is 17.6 Å². The molecule has 1 amide bonds. The predicted molar refractivity (Wildman–Crippen MR) is 82.9 cm³/mol. The van der Waals surface area contributed by atoms with Crippen molar-refractivity contribution in [1.29, 1.82) is 0 Å². The van der Waals surface area contributed by atoms with Crippen molar-refractivity contribution in [2.45, 2.75) is 13.0 Å². The number of carbonyl (C=O) groups excluding carboxylic acids is 2. The molecule has 2 aromatic carbocycles. The summed E-state index contributed by atoms with van der Waals surface area (Å²) in [4.78, 5) is 23.8. The van der Waals surface area contributed by atoms with Crippen LogP contribution in [0.3, 0.4) is 0 Å². The summed E-state index contributed by atoms with van der Waals surface area (Å²) in [6.07, 6.45) is -0.947. The number of nitrogens with one attached hydrogen (secondary N) is 1. The van der Waals surface area contributed by atoms with Crippen molar-refractivity contribution in [3.63, 3.8) is 0 Å². The van der Waals surface area contributed by atoms with Gasteiger partial charge in [0.05, 0.1) is 18.4 Å². The van der Waals surface area contributed by atoms with E-state index in [9.17, 15) is 14.0 Å². The molecule has 1 atom stereocenters. The first-order valence-corrected chi connectivity index (χ1v) is 6.92.